The molecule has 326 valence electrons. The van der Waals surface area contributed by atoms with Crippen molar-refractivity contribution in [3.8, 4) is 0 Å². The summed E-state index contributed by atoms with van der Waals surface area (Å²) in [7, 11) is -4.07. The van der Waals surface area contributed by atoms with Crippen molar-refractivity contribution < 1.29 is 27.3 Å². The summed E-state index contributed by atoms with van der Waals surface area (Å²) in [6, 6.07) is 0. The Hall–Kier alpha value is -2.71. The monoisotopic (exact) mass is 822 g/mol. The SMILES string of the molecule is CC/C=C\C/C=C\C/C=C\C/C=C\C/C=C\C/C=C\CCCCC(=O)OC1CCC2(C)C(CCC3C2CCC2(C)C(C(C)CCC(=O)NCCS(=O)(=O)O)CCC32)C1. The average Bonchev–Trinajstić information content (AvgIpc) is 3.54. The number of ether oxygens (including phenoxy) is 1. The maximum atomic E-state index is 12.9. The lowest BCUT2D eigenvalue weighted by Crippen LogP contribution is -2.54. The van der Waals surface area contributed by atoms with E-state index in [0.717, 1.165) is 101 Å². The van der Waals surface area contributed by atoms with Gasteiger partial charge in [-0.05, 0) is 168 Å². The highest BCUT2D eigenvalue weighted by molar-refractivity contribution is 7.85. The van der Waals surface area contributed by atoms with Gasteiger partial charge in [0.25, 0.3) is 10.1 Å². The second kappa shape index (κ2) is 24.5. The van der Waals surface area contributed by atoms with E-state index in [1.165, 1.54) is 38.5 Å². The van der Waals surface area contributed by atoms with Crippen molar-refractivity contribution in [2.75, 3.05) is 12.3 Å². The molecular weight excluding hydrogens is 743 g/mol. The number of hydrogen-bond donors (Lipinski definition) is 2. The third kappa shape index (κ3) is 15.1. The third-order valence-electron chi connectivity index (χ3n) is 14.8. The van der Waals surface area contributed by atoms with Crippen LogP contribution in [0.1, 0.15) is 163 Å². The molecule has 4 saturated carbocycles. The summed E-state index contributed by atoms with van der Waals surface area (Å²) in [6.45, 7) is 9.53. The van der Waals surface area contributed by atoms with E-state index in [9.17, 15) is 18.0 Å². The van der Waals surface area contributed by atoms with E-state index >= 15 is 0 Å². The predicted octanol–water partition coefficient (Wildman–Crippen LogP) is 12.2. The lowest BCUT2D eigenvalue weighted by atomic mass is 9.44. The molecule has 9 atom stereocenters. The lowest BCUT2D eigenvalue weighted by Gasteiger charge is -2.61. The Morgan fingerprint density at radius 2 is 1.33 bits per heavy atom. The van der Waals surface area contributed by atoms with Crippen LogP contribution in [0.2, 0.25) is 0 Å². The zero-order valence-electron chi connectivity index (χ0n) is 36.6. The molecule has 4 fully saturated rings. The zero-order valence-corrected chi connectivity index (χ0v) is 37.4. The molecule has 4 rings (SSSR count). The Kier molecular flexibility index (Phi) is 20.3. The van der Waals surface area contributed by atoms with Gasteiger partial charge in [-0.3, -0.25) is 14.1 Å². The number of nitrogens with one attached hydrogen (secondary N) is 1. The molecule has 0 aliphatic heterocycles. The van der Waals surface area contributed by atoms with Crippen LogP contribution in [-0.2, 0) is 24.4 Å². The molecule has 1 amide bonds. The highest BCUT2D eigenvalue weighted by atomic mass is 32.2. The Labute approximate surface area is 353 Å². The summed E-state index contributed by atoms with van der Waals surface area (Å²) in [5.41, 5.74) is 0.639. The first-order chi connectivity index (χ1) is 27.9. The van der Waals surface area contributed by atoms with Crippen molar-refractivity contribution in [2.45, 2.75) is 169 Å². The standard InChI is InChI=1S/C50H79NO6S/c1-5-6-7-8-9-10-11-12-13-14-15-16-17-18-19-20-21-22-23-24-25-26-48(53)57-42-33-35-49(3)41(39-42)28-29-43-45-31-30-44(50(45,4)36-34-46(43)49)40(2)27-32-47(52)51-37-38-58(54,55)56/h6-7,9-10,12-13,15-16,18-19,21-22,40-46H,5,8,11,14,17,20,23-39H2,1-4H3,(H,51,52)(H,54,55,56)/b7-6-,10-9-,13-12-,16-15-,19-18-,22-21-. The molecular formula is C50H79NO6S. The first kappa shape index (κ1) is 48.0. The smallest absolute Gasteiger partial charge is 0.306 e. The number of carbonyl (C=O) groups excluding carboxylic acids is 2. The molecule has 8 heteroatoms. The van der Waals surface area contributed by atoms with Crippen molar-refractivity contribution >= 4 is 22.0 Å². The summed E-state index contributed by atoms with van der Waals surface area (Å²) in [5, 5.41) is 2.65. The number of esters is 1. The molecule has 9 unspecified atom stereocenters. The molecule has 58 heavy (non-hydrogen) atoms. The normalized spacial score (nSPS) is 30.8. The Balaban J connectivity index is 1.07. The van der Waals surface area contributed by atoms with Gasteiger partial charge in [-0.15, -0.1) is 0 Å². The second-order valence-corrected chi connectivity index (χ2v) is 20.2. The van der Waals surface area contributed by atoms with Crippen LogP contribution in [0.5, 0.6) is 0 Å². The summed E-state index contributed by atoms with van der Waals surface area (Å²) < 4.78 is 37.0. The van der Waals surface area contributed by atoms with E-state index < -0.39 is 15.9 Å². The first-order valence-electron chi connectivity index (χ1n) is 23.2. The van der Waals surface area contributed by atoms with Crippen LogP contribution in [-0.4, -0.2) is 43.2 Å². The number of unbranched alkanes of at least 4 members (excludes halogenated alkanes) is 2. The molecule has 0 aromatic heterocycles. The van der Waals surface area contributed by atoms with Crippen molar-refractivity contribution in [3.05, 3.63) is 72.9 Å². The summed E-state index contributed by atoms with van der Waals surface area (Å²) in [4.78, 5) is 25.3. The van der Waals surface area contributed by atoms with Gasteiger partial charge in [-0.1, -0.05) is 101 Å². The third-order valence-corrected chi connectivity index (χ3v) is 15.5. The molecule has 0 heterocycles. The van der Waals surface area contributed by atoms with E-state index in [-0.39, 0.29) is 24.5 Å². The van der Waals surface area contributed by atoms with Gasteiger partial charge in [-0.2, -0.15) is 8.42 Å². The van der Waals surface area contributed by atoms with E-state index in [1.807, 2.05) is 0 Å². The molecule has 0 spiro atoms. The highest BCUT2D eigenvalue weighted by Crippen LogP contribution is 2.68. The fourth-order valence-electron chi connectivity index (χ4n) is 11.7. The molecule has 4 aliphatic rings. The van der Waals surface area contributed by atoms with Gasteiger partial charge in [0, 0.05) is 19.4 Å². The van der Waals surface area contributed by atoms with E-state index in [0.29, 0.717) is 41.4 Å². The molecule has 7 nitrogen and oxygen atoms in total. The summed E-state index contributed by atoms with van der Waals surface area (Å²) in [5.74, 6) is 3.33. The molecule has 4 aliphatic carbocycles. The van der Waals surface area contributed by atoms with Gasteiger partial charge in [0.15, 0.2) is 0 Å². The van der Waals surface area contributed by atoms with Crippen LogP contribution in [0.4, 0.5) is 0 Å². The second-order valence-electron chi connectivity index (χ2n) is 18.6. The topological polar surface area (TPSA) is 110 Å². The Morgan fingerprint density at radius 3 is 1.95 bits per heavy atom. The Bertz CT molecular complexity index is 1560. The number of rotatable bonds is 24. The number of allylic oxidation sites excluding steroid dienone is 12. The largest absolute Gasteiger partial charge is 0.462 e. The van der Waals surface area contributed by atoms with Crippen LogP contribution in [0.15, 0.2) is 72.9 Å². The van der Waals surface area contributed by atoms with Crippen molar-refractivity contribution in [1.29, 1.82) is 0 Å². The van der Waals surface area contributed by atoms with Crippen molar-refractivity contribution in [2.24, 2.45) is 46.3 Å². The van der Waals surface area contributed by atoms with E-state index in [2.05, 4.69) is 106 Å². The molecule has 0 aromatic rings. The Morgan fingerprint density at radius 1 is 0.741 bits per heavy atom. The highest BCUT2D eigenvalue weighted by Gasteiger charge is 2.60. The minimum Gasteiger partial charge on any atom is -0.462 e. The molecule has 2 N–H and O–H groups in total. The van der Waals surface area contributed by atoms with Crippen LogP contribution >= 0.6 is 0 Å². The molecule has 0 bridgehead atoms. The number of carbonyl (C=O) groups is 2. The van der Waals surface area contributed by atoms with Crippen molar-refractivity contribution in [1.82, 2.24) is 5.32 Å². The van der Waals surface area contributed by atoms with Crippen molar-refractivity contribution in [3.63, 3.8) is 0 Å². The maximum absolute atomic E-state index is 12.9. The van der Waals surface area contributed by atoms with E-state index in [4.69, 9.17) is 9.29 Å². The van der Waals surface area contributed by atoms with Gasteiger partial charge in [0.05, 0.1) is 5.75 Å². The molecule has 0 aromatic carbocycles. The quantitative estimate of drug-likeness (QED) is 0.0434. The van der Waals surface area contributed by atoms with Crippen LogP contribution in [0, 0.1) is 46.3 Å². The predicted molar refractivity (Wildman–Crippen MR) is 240 cm³/mol. The number of amides is 1. The number of fused-ring (bicyclic) bond motifs is 5. The lowest BCUT2D eigenvalue weighted by molar-refractivity contribution is -0.162. The minimum absolute atomic E-state index is 0.0137. The van der Waals surface area contributed by atoms with E-state index in [1.54, 1.807) is 0 Å². The maximum Gasteiger partial charge on any atom is 0.306 e. The fraction of sp³-hybridized carbons (Fsp3) is 0.720. The zero-order chi connectivity index (χ0) is 41.9. The average molecular weight is 822 g/mol. The minimum atomic E-state index is -4.07. The molecule has 0 saturated heterocycles. The van der Waals surface area contributed by atoms with Gasteiger partial charge >= 0.3 is 5.97 Å². The first-order valence-corrected chi connectivity index (χ1v) is 24.8. The van der Waals surface area contributed by atoms with Gasteiger partial charge in [0.1, 0.15) is 6.10 Å². The fourth-order valence-corrected chi connectivity index (χ4v) is 12.0. The summed E-state index contributed by atoms with van der Waals surface area (Å²) >= 11 is 0. The van der Waals surface area contributed by atoms with Gasteiger partial charge < -0.3 is 10.1 Å². The van der Waals surface area contributed by atoms with Gasteiger partial charge in [-0.25, -0.2) is 0 Å². The molecule has 0 radical (unpaired) electrons. The van der Waals surface area contributed by atoms with Crippen LogP contribution in [0.3, 0.4) is 0 Å². The summed E-state index contributed by atoms with van der Waals surface area (Å²) in [6.07, 6.45) is 48.2. The number of hydrogen-bond acceptors (Lipinski definition) is 5. The van der Waals surface area contributed by atoms with Gasteiger partial charge in [0.2, 0.25) is 5.91 Å². The van der Waals surface area contributed by atoms with Crippen LogP contribution < -0.4 is 5.32 Å². The van der Waals surface area contributed by atoms with Crippen LogP contribution in [0.25, 0.3) is 0 Å².